The molecule has 1 aliphatic rings. The van der Waals surface area contributed by atoms with Crippen molar-refractivity contribution in [1.29, 1.82) is 0 Å². The maximum Gasteiger partial charge on any atom is 0.173 e. The van der Waals surface area contributed by atoms with E-state index in [1.54, 1.807) is 0 Å². The van der Waals surface area contributed by atoms with Crippen LogP contribution in [-0.2, 0) is 6.54 Å². The van der Waals surface area contributed by atoms with Gasteiger partial charge in [-0.25, -0.2) is 0 Å². The molecule has 0 radical (unpaired) electrons. The topological polar surface area (TPSA) is 18.5 Å². The lowest BCUT2D eigenvalue weighted by Gasteiger charge is -2.30. The Morgan fingerprint density at radius 1 is 1.33 bits per heavy atom. The summed E-state index contributed by atoms with van der Waals surface area (Å²) in [5.74, 6) is 0. The van der Waals surface area contributed by atoms with E-state index in [0.29, 0.717) is 6.04 Å². The number of nitrogens with one attached hydrogen (secondary N) is 1. The monoisotopic (exact) mass is 345 g/mol. The number of hydrogen-bond acceptors (Lipinski definition) is 2. The van der Waals surface area contributed by atoms with E-state index in [0.717, 1.165) is 37.7 Å². The van der Waals surface area contributed by atoms with Gasteiger partial charge < -0.3 is 10.2 Å². The van der Waals surface area contributed by atoms with Gasteiger partial charge in [0.1, 0.15) is 0 Å². The fourth-order valence-electron chi connectivity index (χ4n) is 2.96. The van der Waals surface area contributed by atoms with Crippen LogP contribution in [0.4, 0.5) is 5.69 Å². The van der Waals surface area contributed by atoms with Gasteiger partial charge in [-0.15, -0.1) is 0 Å². The fraction of sp³-hybridized carbons (Fsp3) is 0.550. The van der Waals surface area contributed by atoms with Crippen LogP contribution in [0, 0.1) is 0 Å². The van der Waals surface area contributed by atoms with Crippen LogP contribution in [0.15, 0.2) is 35.9 Å². The summed E-state index contributed by atoms with van der Waals surface area (Å²) in [6.45, 7) is 12.7. The lowest BCUT2D eigenvalue weighted by Crippen LogP contribution is -2.46. The molecule has 0 aromatic heterocycles. The third kappa shape index (κ3) is 5.05. The minimum Gasteiger partial charge on any atom is -0.362 e. The first-order valence-corrected chi connectivity index (χ1v) is 9.44. The van der Waals surface area contributed by atoms with Gasteiger partial charge in [0.25, 0.3) is 0 Å². The van der Waals surface area contributed by atoms with E-state index in [1.807, 2.05) is 0 Å². The molecule has 0 saturated heterocycles. The van der Waals surface area contributed by atoms with Gasteiger partial charge in [-0.2, -0.15) is 0 Å². The van der Waals surface area contributed by atoms with E-state index in [9.17, 15) is 0 Å². The smallest absolute Gasteiger partial charge is 0.173 e. The van der Waals surface area contributed by atoms with Gasteiger partial charge in [0.15, 0.2) is 5.11 Å². The van der Waals surface area contributed by atoms with Gasteiger partial charge in [-0.3, -0.25) is 4.90 Å². The van der Waals surface area contributed by atoms with Crippen molar-refractivity contribution in [2.45, 2.75) is 53.1 Å². The first-order chi connectivity index (χ1) is 11.5. The number of rotatable bonds is 5. The fourth-order valence-corrected chi connectivity index (χ4v) is 3.24. The molecule has 2 rings (SSSR count). The van der Waals surface area contributed by atoms with Crippen LogP contribution in [0.5, 0.6) is 0 Å². The maximum absolute atomic E-state index is 5.71. The number of hydrogen-bond donors (Lipinski definition) is 1. The predicted octanol–water partition coefficient (Wildman–Crippen LogP) is 4.34. The van der Waals surface area contributed by atoms with Crippen molar-refractivity contribution in [3.05, 3.63) is 41.5 Å². The lowest BCUT2D eigenvalue weighted by atomic mass is 10.1. The lowest BCUT2D eigenvalue weighted by molar-refractivity contribution is 0.233. The van der Waals surface area contributed by atoms with Gasteiger partial charge in [0.2, 0.25) is 0 Å². The molecule has 1 aliphatic heterocycles. The van der Waals surface area contributed by atoms with Gasteiger partial charge in [0.05, 0.1) is 0 Å². The summed E-state index contributed by atoms with van der Waals surface area (Å²) in [6.07, 6.45) is 4.64. The number of nitrogens with zero attached hydrogens (tertiary/aromatic N) is 2. The van der Waals surface area contributed by atoms with Gasteiger partial charge in [-0.1, -0.05) is 43.2 Å². The number of fused-ring (bicyclic) bond motifs is 1. The summed E-state index contributed by atoms with van der Waals surface area (Å²) in [5, 5.41) is 4.29. The Labute approximate surface area is 152 Å². The van der Waals surface area contributed by atoms with E-state index in [2.05, 4.69) is 73.2 Å². The van der Waals surface area contributed by atoms with Crippen LogP contribution in [0.3, 0.4) is 0 Å². The number of unbranched alkanes of at least 4 members (excludes halogenated alkanes) is 1. The standard InChI is InChI=1S/C20H31N3S/c1-5-6-12-21-20(24)23-14-17(4)22(13-11-16(2)3)15-18-9-7-8-10-19(18)23/h7-11,17H,5-6,12-15H2,1-4H3,(H,21,24)/t17-/m0/s1. The van der Waals surface area contributed by atoms with Crippen molar-refractivity contribution < 1.29 is 0 Å². The van der Waals surface area contributed by atoms with Crippen molar-refractivity contribution in [2.24, 2.45) is 0 Å². The summed E-state index contributed by atoms with van der Waals surface area (Å²) in [7, 11) is 0. The molecule has 0 aliphatic carbocycles. The highest BCUT2D eigenvalue weighted by molar-refractivity contribution is 7.80. The SMILES string of the molecule is CCCCNC(=S)N1C[C@H](C)N(CC=C(C)C)Cc2ccccc21. The van der Waals surface area contributed by atoms with Crippen molar-refractivity contribution in [3.63, 3.8) is 0 Å². The molecule has 1 aromatic rings. The van der Waals surface area contributed by atoms with Gasteiger partial charge in [-0.05, 0) is 51.0 Å². The van der Waals surface area contributed by atoms with Crippen LogP contribution in [-0.4, -0.2) is 35.7 Å². The van der Waals surface area contributed by atoms with Crippen molar-refractivity contribution in [2.75, 3.05) is 24.5 Å². The minimum atomic E-state index is 0.443. The van der Waals surface area contributed by atoms with Crippen LogP contribution < -0.4 is 10.2 Å². The quantitative estimate of drug-likeness (QED) is 0.486. The average molecular weight is 346 g/mol. The molecule has 0 spiro atoms. The average Bonchev–Trinajstić information content (AvgIpc) is 2.70. The number of thiocarbonyl (C=S) groups is 1. The van der Waals surface area contributed by atoms with Gasteiger partial charge in [0, 0.05) is 37.9 Å². The second-order valence-electron chi connectivity index (χ2n) is 6.88. The van der Waals surface area contributed by atoms with Crippen LogP contribution >= 0.6 is 12.2 Å². The molecular weight excluding hydrogens is 314 g/mol. The van der Waals surface area contributed by atoms with Crippen molar-refractivity contribution in [3.8, 4) is 0 Å². The minimum absolute atomic E-state index is 0.443. The van der Waals surface area contributed by atoms with E-state index in [4.69, 9.17) is 12.2 Å². The largest absolute Gasteiger partial charge is 0.362 e. The Hall–Kier alpha value is -1.39. The van der Waals surface area contributed by atoms with E-state index < -0.39 is 0 Å². The second-order valence-corrected chi connectivity index (χ2v) is 7.27. The molecule has 1 aromatic carbocycles. The zero-order valence-corrected chi connectivity index (χ0v) is 16.3. The molecule has 0 fully saturated rings. The van der Waals surface area contributed by atoms with Crippen LogP contribution in [0.25, 0.3) is 0 Å². The predicted molar refractivity (Wildman–Crippen MR) is 109 cm³/mol. The Balaban J connectivity index is 2.21. The van der Waals surface area contributed by atoms with Crippen molar-refractivity contribution >= 4 is 23.0 Å². The molecule has 1 atom stereocenters. The normalized spacial score (nSPS) is 17.8. The zero-order chi connectivity index (χ0) is 17.5. The summed E-state index contributed by atoms with van der Waals surface area (Å²) >= 11 is 5.71. The number of benzene rings is 1. The van der Waals surface area contributed by atoms with E-state index in [1.165, 1.54) is 23.2 Å². The highest BCUT2D eigenvalue weighted by Gasteiger charge is 2.26. The molecule has 0 bridgehead atoms. The van der Waals surface area contributed by atoms with Gasteiger partial charge >= 0.3 is 0 Å². The molecule has 3 nitrogen and oxygen atoms in total. The third-order valence-electron chi connectivity index (χ3n) is 4.51. The van der Waals surface area contributed by atoms with E-state index >= 15 is 0 Å². The first kappa shape index (κ1) is 18.9. The summed E-state index contributed by atoms with van der Waals surface area (Å²) in [6, 6.07) is 9.10. The number of anilines is 1. The molecule has 132 valence electrons. The molecular formula is C20H31N3S. The zero-order valence-electron chi connectivity index (χ0n) is 15.5. The van der Waals surface area contributed by atoms with E-state index in [-0.39, 0.29) is 0 Å². The maximum atomic E-state index is 5.71. The molecule has 1 N–H and O–H groups in total. The summed E-state index contributed by atoms with van der Waals surface area (Å²) in [4.78, 5) is 4.81. The molecule has 1 heterocycles. The first-order valence-electron chi connectivity index (χ1n) is 9.03. The molecule has 0 saturated carbocycles. The molecule has 0 unspecified atom stereocenters. The number of para-hydroxylation sites is 1. The Kier molecular flexibility index (Phi) is 7.25. The third-order valence-corrected chi connectivity index (χ3v) is 4.88. The molecule has 0 amide bonds. The second kappa shape index (κ2) is 9.19. The number of allylic oxidation sites excluding steroid dienone is 1. The summed E-state index contributed by atoms with van der Waals surface area (Å²) < 4.78 is 0. The summed E-state index contributed by atoms with van der Waals surface area (Å²) in [5.41, 5.74) is 3.97. The molecule has 4 heteroatoms. The van der Waals surface area contributed by atoms with Crippen LogP contribution in [0.1, 0.15) is 46.1 Å². The Morgan fingerprint density at radius 2 is 2.08 bits per heavy atom. The highest BCUT2D eigenvalue weighted by Crippen LogP contribution is 2.27. The Morgan fingerprint density at radius 3 is 2.79 bits per heavy atom. The molecule has 24 heavy (non-hydrogen) atoms. The Bertz CT molecular complexity index is 578. The highest BCUT2D eigenvalue weighted by atomic mass is 32.1. The van der Waals surface area contributed by atoms with Crippen LogP contribution in [0.2, 0.25) is 0 Å². The van der Waals surface area contributed by atoms with Crippen molar-refractivity contribution in [1.82, 2.24) is 10.2 Å².